The number of carboxylic acids is 1. The van der Waals surface area contributed by atoms with Gasteiger partial charge in [-0.1, -0.05) is 18.5 Å². The number of carbonyl (C=O) groups is 2. The summed E-state index contributed by atoms with van der Waals surface area (Å²) in [5.74, 6) is -1.32. The number of hydrogen-bond acceptors (Lipinski definition) is 3. The Kier molecular flexibility index (Phi) is 5.30. The Morgan fingerprint density at radius 1 is 1.44 bits per heavy atom. The molecule has 0 saturated carbocycles. The van der Waals surface area contributed by atoms with Crippen molar-refractivity contribution in [1.82, 2.24) is 0 Å². The van der Waals surface area contributed by atoms with Crippen LogP contribution in [0.25, 0.3) is 0 Å². The molecule has 7 heteroatoms. The van der Waals surface area contributed by atoms with Crippen LogP contribution < -0.4 is 5.32 Å². The van der Waals surface area contributed by atoms with E-state index in [0.29, 0.717) is 5.75 Å². The number of nitrogens with one attached hydrogen (secondary N) is 1. The van der Waals surface area contributed by atoms with Gasteiger partial charge >= 0.3 is 5.97 Å². The Morgan fingerprint density at radius 3 is 2.67 bits per heavy atom. The zero-order valence-electron chi connectivity index (χ0n) is 9.60. The average molecular weight is 290 g/mol. The summed E-state index contributed by atoms with van der Waals surface area (Å²) in [5, 5.41) is 11.5. The number of carbonyl (C=O) groups excluding carboxylic acids is 1. The van der Waals surface area contributed by atoms with Crippen molar-refractivity contribution in [1.29, 1.82) is 0 Å². The van der Waals surface area contributed by atoms with Crippen LogP contribution in [-0.2, 0) is 15.6 Å². The molecule has 0 spiro atoms. The molecule has 98 valence electrons. The Balaban J connectivity index is 2.83. The fourth-order valence-corrected chi connectivity index (χ4v) is 1.92. The maximum Gasteiger partial charge on any atom is 0.335 e. The normalized spacial score (nSPS) is 11.9. The van der Waals surface area contributed by atoms with Crippen molar-refractivity contribution in [3.8, 4) is 0 Å². The second kappa shape index (κ2) is 6.51. The first-order valence-electron chi connectivity index (χ1n) is 5.11. The molecule has 0 aliphatic carbocycles. The Labute approximate surface area is 112 Å². The highest BCUT2D eigenvalue weighted by Crippen LogP contribution is 2.23. The molecule has 18 heavy (non-hydrogen) atoms. The van der Waals surface area contributed by atoms with Crippen LogP contribution in [0.15, 0.2) is 18.2 Å². The van der Waals surface area contributed by atoms with Crippen molar-refractivity contribution >= 4 is 40.0 Å². The van der Waals surface area contributed by atoms with Gasteiger partial charge in [-0.25, -0.2) is 4.79 Å². The summed E-state index contributed by atoms with van der Waals surface area (Å²) in [7, 11) is -1.22. The van der Waals surface area contributed by atoms with Gasteiger partial charge < -0.3 is 10.4 Å². The molecular formula is C11H12ClNO4S. The van der Waals surface area contributed by atoms with Gasteiger partial charge in [-0.2, -0.15) is 0 Å². The fourth-order valence-electron chi connectivity index (χ4n) is 1.19. The van der Waals surface area contributed by atoms with Crippen LogP contribution in [0.2, 0.25) is 5.02 Å². The lowest BCUT2D eigenvalue weighted by molar-refractivity contribution is -0.113. The van der Waals surface area contributed by atoms with Gasteiger partial charge in [-0.15, -0.1) is 0 Å². The average Bonchev–Trinajstić information content (AvgIpc) is 2.31. The quantitative estimate of drug-likeness (QED) is 0.865. The van der Waals surface area contributed by atoms with Crippen molar-refractivity contribution in [2.45, 2.75) is 6.92 Å². The highest BCUT2D eigenvalue weighted by Gasteiger charge is 2.11. The van der Waals surface area contributed by atoms with Crippen LogP contribution in [0.5, 0.6) is 0 Å². The molecule has 0 saturated heterocycles. The zero-order chi connectivity index (χ0) is 13.7. The fraction of sp³-hybridized carbons (Fsp3) is 0.273. The third-order valence-corrected chi connectivity index (χ3v) is 3.66. The Hall–Kier alpha value is -1.40. The monoisotopic (exact) mass is 289 g/mol. The van der Waals surface area contributed by atoms with Gasteiger partial charge in [0.15, 0.2) is 0 Å². The first kappa shape index (κ1) is 14.7. The van der Waals surface area contributed by atoms with Crippen LogP contribution >= 0.6 is 11.6 Å². The van der Waals surface area contributed by atoms with Crippen LogP contribution in [0, 0.1) is 0 Å². The zero-order valence-corrected chi connectivity index (χ0v) is 11.2. The second-order valence-corrected chi connectivity index (χ2v) is 5.57. The molecule has 1 atom stereocenters. The topological polar surface area (TPSA) is 83.5 Å². The minimum Gasteiger partial charge on any atom is -0.478 e. The molecule has 0 aliphatic rings. The van der Waals surface area contributed by atoms with E-state index in [1.165, 1.54) is 18.2 Å². The van der Waals surface area contributed by atoms with Crippen LogP contribution in [0.1, 0.15) is 17.3 Å². The Morgan fingerprint density at radius 2 is 2.11 bits per heavy atom. The van der Waals surface area contributed by atoms with Crippen molar-refractivity contribution < 1.29 is 18.9 Å². The number of halogens is 1. The standard InChI is InChI=1S/C11H12ClNO4S/c1-2-18(17)6-10(14)13-9-5-7(11(15)16)3-4-8(9)12/h3-5H,2,6H2,1H3,(H,13,14)(H,15,16). The minimum absolute atomic E-state index is 0.0197. The summed E-state index contributed by atoms with van der Waals surface area (Å²) >= 11 is 5.83. The lowest BCUT2D eigenvalue weighted by Gasteiger charge is -2.07. The van der Waals surface area contributed by atoms with Gasteiger partial charge in [-0.3, -0.25) is 9.00 Å². The van der Waals surface area contributed by atoms with E-state index in [0.717, 1.165) is 0 Å². The molecular weight excluding hydrogens is 278 g/mol. The number of amides is 1. The van der Waals surface area contributed by atoms with Gasteiger partial charge in [0.25, 0.3) is 0 Å². The molecule has 0 aromatic heterocycles. The van der Waals surface area contributed by atoms with E-state index in [1.54, 1.807) is 6.92 Å². The van der Waals surface area contributed by atoms with Crippen molar-refractivity contribution in [2.24, 2.45) is 0 Å². The molecule has 1 unspecified atom stereocenters. The van der Waals surface area contributed by atoms with Gasteiger partial charge in [0.1, 0.15) is 5.75 Å². The Bertz CT molecular complexity index is 504. The molecule has 0 aliphatic heterocycles. The number of benzene rings is 1. The first-order chi connectivity index (χ1) is 8.43. The number of carboxylic acid groups (broad SMARTS) is 1. The summed E-state index contributed by atoms with van der Waals surface area (Å²) in [6.07, 6.45) is 0. The molecule has 1 amide bonds. The van der Waals surface area contributed by atoms with E-state index in [2.05, 4.69) is 5.32 Å². The van der Waals surface area contributed by atoms with Crippen molar-refractivity contribution in [2.75, 3.05) is 16.8 Å². The number of rotatable bonds is 5. The highest BCUT2D eigenvalue weighted by molar-refractivity contribution is 7.85. The number of anilines is 1. The van der Waals surface area contributed by atoms with E-state index in [-0.39, 0.29) is 22.0 Å². The third-order valence-electron chi connectivity index (χ3n) is 2.10. The number of aromatic carboxylic acids is 1. The molecule has 0 radical (unpaired) electrons. The molecule has 2 N–H and O–H groups in total. The maximum absolute atomic E-state index is 11.5. The van der Waals surface area contributed by atoms with E-state index in [9.17, 15) is 13.8 Å². The predicted octanol–water partition coefficient (Wildman–Crippen LogP) is 1.75. The SMILES string of the molecule is CCS(=O)CC(=O)Nc1cc(C(=O)O)ccc1Cl. The van der Waals surface area contributed by atoms with Crippen LogP contribution in [-0.4, -0.2) is 32.7 Å². The van der Waals surface area contributed by atoms with E-state index in [4.69, 9.17) is 16.7 Å². The summed E-state index contributed by atoms with van der Waals surface area (Å²) in [6, 6.07) is 3.99. The van der Waals surface area contributed by atoms with Gasteiger partial charge in [-0.05, 0) is 18.2 Å². The van der Waals surface area contributed by atoms with Crippen LogP contribution in [0.3, 0.4) is 0 Å². The lowest BCUT2D eigenvalue weighted by Crippen LogP contribution is -2.20. The number of hydrogen-bond donors (Lipinski definition) is 2. The summed E-state index contributed by atoms with van der Waals surface area (Å²) in [4.78, 5) is 22.3. The maximum atomic E-state index is 11.5. The summed E-state index contributed by atoms with van der Waals surface area (Å²) in [5.41, 5.74) is 0.223. The summed E-state index contributed by atoms with van der Waals surface area (Å²) < 4.78 is 11.2. The van der Waals surface area contributed by atoms with Gasteiger partial charge in [0.05, 0.1) is 16.3 Å². The van der Waals surface area contributed by atoms with E-state index < -0.39 is 22.7 Å². The molecule has 0 heterocycles. The third kappa shape index (κ3) is 4.12. The minimum atomic E-state index is -1.22. The molecule has 0 bridgehead atoms. The predicted molar refractivity (Wildman–Crippen MR) is 70.6 cm³/mol. The first-order valence-corrected chi connectivity index (χ1v) is 6.98. The molecule has 1 aromatic carbocycles. The molecule has 1 rings (SSSR count). The van der Waals surface area contributed by atoms with Crippen LogP contribution in [0.4, 0.5) is 5.69 Å². The molecule has 0 fully saturated rings. The highest BCUT2D eigenvalue weighted by atomic mass is 35.5. The lowest BCUT2D eigenvalue weighted by atomic mass is 10.2. The van der Waals surface area contributed by atoms with Crippen molar-refractivity contribution in [3.63, 3.8) is 0 Å². The summed E-state index contributed by atoms with van der Waals surface area (Å²) in [6.45, 7) is 1.71. The largest absolute Gasteiger partial charge is 0.478 e. The molecule has 5 nitrogen and oxygen atoms in total. The second-order valence-electron chi connectivity index (χ2n) is 3.42. The molecule has 1 aromatic rings. The van der Waals surface area contributed by atoms with Crippen molar-refractivity contribution in [3.05, 3.63) is 28.8 Å². The van der Waals surface area contributed by atoms with E-state index in [1.807, 2.05) is 0 Å². The smallest absolute Gasteiger partial charge is 0.335 e. The van der Waals surface area contributed by atoms with E-state index >= 15 is 0 Å². The van der Waals surface area contributed by atoms with Gasteiger partial charge in [0.2, 0.25) is 5.91 Å². The van der Waals surface area contributed by atoms with Gasteiger partial charge in [0, 0.05) is 16.6 Å².